The highest BCUT2D eigenvalue weighted by atomic mass is 16.4. The summed E-state index contributed by atoms with van der Waals surface area (Å²) in [6.45, 7) is 7.83. The van der Waals surface area contributed by atoms with Gasteiger partial charge in [-0.25, -0.2) is 0 Å². The molecular formula is C15H23NO4. The predicted molar refractivity (Wildman–Crippen MR) is 77.1 cm³/mol. The number of hydrogen-bond donors (Lipinski definition) is 4. The van der Waals surface area contributed by atoms with Crippen LogP contribution in [-0.4, -0.2) is 33.4 Å². The summed E-state index contributed by atoms with van der Waals surface area (Å²) in [6.07, 6.45) is 0.678. The number of carboxylic acids is 1. The molecule has 0 unspecified atom stereocenters. The maximum Gasteiger partial charge on any atom is 0.317 e. The van der Waals surface area contributed by atoms with Crippen molar-refractivity contribution in [3.63, 3.8) is 0 Å². The molecule has 0 aliphatic rings. The smallest absolute Gasteiger partial charge is 0.317 e. The molecule has 0 radical (unpaired) electrons. The van der Waals surface area contributed by atoms with Crippen molar-refractivity contribution in [3.8, 4) is 11.5 Å². The quantitative estimate of drug-likeness (QED) is 0.600. The number of nitrogens with one attached hydrogen (secondary N) is 1. The van der Waals surface area contributed by atoms with Gasteiger partial charge in [-0.3, -0.25) is 4.79 Å². The second kappa shape index (κ2) is 5.71. The molecule has 0 amide bonds. The first kappa shape index (κ1) is 16.3. The van der Waals surface area contributed by atoms with Gasteiger partial charge in [0.15, 0.2) is 11.5 Å². The molecule has 5 nitrogen and oxygen atoms in total. The molecule has 0 fully saturated rings. The molecule has 0 heterocycles. The lowest BCUT2D eigenvalue weighted by molar-refractivity contribution is -0.136. The van der Waals surface area contributed by atoms with E-state index in [-0.39, 0.29) is 29.0 Å². The van der Waals surface area contributed by atoms with E-state index in [9.17, 15) is 15.0 Å². The lowest BCUT2D eigenvalue weighted by atomic mass is 9.75. The number of aromatic hydroxyl groups is 2. The average molecular weight is 281 g/mol. The molecule has 0 aromatic heterocycles. The molecule has 0 bridgehead atoms. The topological polar surface area (TPSA) is 89.8 Å². The van der Waals surface area contributed by atoms with E-state index >= 15 is 0 Å². The van der Waals surface area contributed by atoms with Crippen LogP contribution in [0.15, 0.2) is 18.2 Å². The van der Waals surface area contributed by atoms with E-state index in [2.05, 4.69) is 5.32 Å². The number of benzene rings is 1. The Kier molecular flexibility index (Phi) is 4.65. The van der Waals surface area contributed by atoms with Gasteiger partial charge in [-0.2, -0.15) is 0 Å². The highest BCUT2D eigenvalue weighted by Crippen LogP contribution is 2.36. The Morgan fingerprint density at radius 3 is 2.25 bits per heavy atom. The minimum absolute atomic E-state index is 0.0933. The summed E-state index contributed by atoms with van der Waals surface area (Å²) in [5.74, 6) is -1.18. The maximum atomic E-state index is 10.6. The molecule has 0 aliphatic heterocycles. The molecule has 0 aliphatic carbocycles. The number of phenols is 2. The van der Waals surface area contributed by atoms with Gasteiger partial charge in [0.25, 0.3) is 0 Å². The summed E-state index contributed by atoms with van der Waals surface area (Å²) in [5.41, 5.74) is 0.244. The highest BCUT2D eigenvalue weighted by molar-refractivity contribution is 5.69. The summed E-state index contributed by atoms with van der Waals surface area (Å²) >= 11 is 0. The number of rotatable bonds is 6. The fourth-order valence-corrected chi connectivity index (χ4v) is 2.53. The van der Waals surface area contributed by atoms with E-state index < -0.39 is 5.97 Å². The zero-order valence-corrected chi connectivity index (χ0v) is 12.4. The first-order chi connectivity index (χ1) is 9.03. The van der Waals surface area contributed by atoms with Crippen molar-refractivity contribution < 1.29 is 20.1 Å². The second-order valence-electron chi connectivity index (χ2n) is 6.40. The van der Waals surface area contributed by atoms with Crippen LogP contribution in [0.3, 0.4) is 0 Å². The van der Waals surface area contributed by atoms with Crippen molar-refractivity contribution in [2.45, 2.75) is 45.1 Å². The van der Waals surface area contributed by atoms with Crippen LogP contribution < -0.4 is 5.32 Å². The van der Waals surface area contributed by atoms with Gasteiger partial charge < -0.3 is 20.6 Å². The van der Waals surface area contributed by atoms with Crippen LogP contribution in [0.25, 0.3) is 0 Å². The van der Waals surface area contributed by atoms with Crippen LogP contribution in [0.2, 0.25) is 0 Å². The van der Waals surface area contributed by atoms with Gasteiger partial charge >= 0.3 is 5.97 Å². The van der Waals surface area contributed by atoms with Crippen molar-refractivity contribution in [2.75, 3.05) is 6.54 Å². The van der Waals surface area contributed by atoms with Gasteiger partial charge in [0.05, 0.1) is 6.54 Å². The Hall–Kier alpha value is -1.75. The SMILES string of the molecule is CC(C)(CC(C)(C)c1ccc(O)c(O)c1)NCC(=O)O. The lowest BCUT2D eigenvalue weighted by Crippen LogP contribution is -2.46. The second-order valence-corrected chi connectivity index (χ2v) is 6.40. The van der Waals surface area contributed by atoms with E-state index in [1.807, 2.05) is 27.7 Å². The molecule has 1 aromatic carbocycles. The third kappa shape index (κ3) is 4.42. The third-order valence-electron chi connectivity index (χ3n) is 3.36. The van der Waals surface area contributed by atoms with Gasteiger partial charge in [-0.1, -0.05) is 19.9 Å². The summed E-state index contributed by atoms with van der Waals surface area (Å²) in [6, 6.07) is 4.77. The Balaban J connectivity index is 2.87. The first-order valence-corrected chi connectivity index (χ1v) is 6.53. The summed E-state index contributed by atoms with van der Waals surface area (Å²) in [5, 5.41) is 30.7. The number of aliphatic carboxylic acids is 1. The predicted octanol–water partition coefficient (Wildman–Crippen LogP) is 2.22. The summed E-state index contributed by atoms with van der Waals surface area (Å²) < 4.78 is 0. The molecule has 0 saturated heterocycles. The Morgan fingerprint density at radius 2 is 1.75 bits per heavy atom. The average Bonchev–Trinajstić information content (AvgIpc) is 2.29. The van der Waals surface area contributed by atoms with Crippen molar-refractivity contribution in [3.05, 3.63) is 23.8 Å². The van der Waals surface area contributed by atoms with E-state index in [0.29, 0.717) is 6.42 Å². The third-order valence-corrected chi connectivity index (χ3v) is 3.36. The molecule has 20 heavy (non-hydrogen) atoms. The zero-order chi connectivity index (χ0) is 15.6. The number of phenolic OH excluding ortho intramolecular Hbond substituents is 2. The van der Waals surface area contributed by atoms with Crippen LogP contribution in [0, 0.1) is 0 Å². The van der Waals surface area contributed by atoms with E-state index in [1.165, 1.54) is 6.07 Å². The standard InChI is InChI=1S/C15H23NO4/c1-14(2,9-15(3,4)16-8-13(19)20)10-5-6-11(17)12(18)7-10/h5-7,16-18H,8-9H2,1-4H3,(H,19,20). The summed E-state index contributed by atoms with van der Waals surface area (Å²) in [4.78, 5) is 10.6. The van der Waals surface area contributed by atoms with Gasteiger partial charge in [-0.05, 0) is 43.4 Å². The molecule has 0 saturated carbocycles. The molecular weight excluding hydrogens is 258 g/mol. The highest BCUT2D eigenvalue weighted by Gasteiger charge is 2.30. The van der Waals surface area contributed by atoms with Gasteiger partial charge in [0.1, 0.15) is 0 Å². The summed E-state index contributed by atoms with van der Waals surface area (Å²) in [7, 11) is 0. The Bertz CT molecular complexity index is 495. The van der Waals surface area contributed by atoms with Gasteiger partial charge in [0.2, 0.25) is 0 Å². The molecule has 5 heteroatoms. The number of hydrogen-bond acceptors (Lipinski definition) is 4. The van der Waals surface area contributed by atoms with Crippen LogP contribution >= 0.6 is 0 Å². The Morgan fingerprint density at radius 1 is 1.15 bits per heavy atom. The van der Waals surface area contributed by atoms with Crippen molar-refractivity contribution in [2.24, 2.45) is 0 Å². The first-order valence-electron chi connectivity index (χ1n) is 6.53. The Labute approximate surface area is 119 Å². The molecule has 0 atom stereocenters. The van der Waals surface area contributed by atoms with Gasteiger partial charge in [-0.15, -0.1) is 0 Å². The van der Waals surface area contributed by atoms with Crippen LogP contribution in [0.1, 0.15) is 39.7 Å². The minimum Gasteiger partial charge on any atom is -0.504 e. The fourth-order valence-electron chi connectivity index (χ4n) is 2.53. The van der Waals surface area contributed by atoms with Crippen LogP contribution in [-0.2, 0) is 10.2 Å². The van der Waals surface area contributed by atoms with Crippen molar-refractivity contribution in [1.82, 2.24) is 5.32 Å². The molecule has 4 N–H and O–H groups in total. The van der Waals surface area contributed by atoms with E-state index in [0.717, 1.165) is 5.56 Å². The lowest BCUT2D eigenvalue weighted by Gasteiger charge is -2.36. The number of carboxylic acid groups (broad SMARTS) is 1. The monoisotopic (exact) mass is 281 g/mol. The van der Waals surface area contributed by atoms with Crippen molar-refractivity contribution in [1.29, 1.82) is 0 Å². The van der Waals surface area contributed by atoms with Crippen LogP contribution in [0.4, 0.5) is 0 Å². The molecule has 1 aromatic rings. The maximum absolute atomic E-state index is 10.6. The van der Waals surface area contributed by atoms with Crippen molar-refractivity contribution >= 4 is 5.97 Å². The fraction of sp³-hybridized carbons (Fsp3) is 0.533. The normalized spacial score (nSPS) is 12.4. The zero-order valence-electron chi connectivity index (χ0n) is 12.4. The largest absolute Gasteiger partial charge is 0.504 e. The molecule has 1 rings (SSSR count). The minimum atomic E-state index is -0.891. The number of carbonyl (C=O) groups is 1. The van der Waals surface area contributed by atoms with E-state index in [1.54, 1.807) is 12.1 Å². The molecule has 112 valence electrons. The molecule has 0 spiro atoms. The van der Waals surface area contributed by atoms with E-state index in [4.69, 9.17) is 5.11 Å². The van der Waals surface area contributed by atoms with Crippen LogP contribution in [0.5, 0.6) is 11.5 Å². The van der Waals surface area contributed by atoms with Gasteiger partial charge in [0, 0.05) is 5.54 Å².